The van der Waals surface area contributed by atoms with Crippen LogP contribution in [0.2, 0.25) is 0 Å². The van der Waals surface area contributed by atoms with Crippen molar-refractivity contribution in [3.05, 3.63) is 42.5 Å². The van der Waals surface area contributed by atoms with Gasteiger partial charge in [-0.3, -0.25) is 9.59 Å². The number of thiazole rings is 1. The van der Waals surface area contributed by atoms with Crippen molar-refractivity contribution in [1.29, 1.82) is 0 Å². The van der Waals surface area contributed by atoms with E-state index >= 15 is 0 Å². The van der Waals surface area contributed by atoms with E-state index in [0.717, 1.165) is 39.4 Å². The number of ether oxygens (including phenoxy) is 1. The Morgan fingerprint density at radius 2 is 1.90 bits per heavy atom. The highest BCUT2D eigenvalue weighted by Crippen LogP contribution is 2.29. The fourth-order valence-corrected chi connectivity index (χ4v) is 4.19. The first kappa shape index (κ1) is 21.1. The summed E-state index contributed by atoms with van der Waals surface area (Å²) in [5.74, 6) is 0.958. The third kappa shape index (κ3) is 6.20. The van der Waals surface area contributed by atoms with Crippen LogP contribution in [0.4, 0.5) is 10.8 Å². The molecule has 0 radical (unpaired) electrons. The molecule has 0 aliphatic carbocycles. The Bertz CT molecular complexity index is 987. The minimum atomic E-state index is -0.113. The molecule has 0 aliphatic heterocycles. The molecule has 0 atom stereocenters. The minimum absolute atomic E-state index is 0.0279. The highest BCUT2D eigenvalue weighted by molar-refractivity contribution is 8.00. The summed E-state index contributed by atoms with van der Waals surface area (Å²) in [5, 5.41) is 6.30. The second-order valence-corrected chi connectivity index (χ2v) is 8.45. The van der Waals surface area contributed by atoms with Gasteiger partial charge in [-0.15, -0.1) is 11.8 Å². The van der Waals surface area contributed by atoms with Crippen molar-refractivity contribution in [3.63, 3.8) is 0 Å². The van der Waals surface area contributed by atoms with Gasteiger partial charge in [0.2, 0.25) is 11.8 Å². The quantitative estimate of drug-likeness (QED) is 0.459. The zero-order chi connectivity index (χ0) is 20.6. The van der Waals surface area contributed by atoms with E-state index in [1.807, 2.05) is 42.5 Å². The average molecular weight is 430 g/mol. The molecule has 0 fully saturated rings. The second kappa shape index (κ2) is 10.3. The Labute approximate surface area is 178 Å². The number of carbonyl (C=O) groups is 2. The van der Waals surface area contributed by atoms with E-state index in [4.69, 9.17) is 4.74 Å². The van der Waals surface area contributed by atoms with Gasteiger partial charge in [0, 0.05) is 17.0 Å². The molecule has 1 aromatic heterocycles. The first-order valence-corrected chi connectivity index (χ1v) is 11.1. The molecule has 3 rings (SSSR count). The third-order valence-corrected chi connectivity index (χ3v) is 6.05. The second-order valence-electron chi connectivity index (χ2n) is 6.37. The monoisotopic (exact) mass is 429 g/mol. The summed E-state index contributed by atoms with van der Waals surface area (Å²) in [4.78, 5) is 29.4. The number of methoxy groups -OCH3 is 1. The first-order chi connectivity index (χ1) is 14.1. The van der Waals surface area contributed by atoms with E-state index in [9.17, 15) is 9.59 Å². The number of nitrogens with one attached hydrogen (secondary N) is 2. The number of hydrogen-bond acceptors (Lipinski definition) is 6. The van der Waals surface area contributed by atoms with Crippen LogP contribution in [-0.2, 0) is 9.59 Å². The number of anilines is 2. The maximum absolute atomic E-state index is 12.3. The highest BCUT2D eigenvalue weighted by Gasteiger charge is 2.09. The molecule has 0 unspecified atom stereocenters. The van der Waals surface area contributed by atoms with Crippen molar-refractivity contribution in [2.75, 3.05) is 23.5 Å². The van der Waals surface area contributed by atoms with Crippen LogP contribution in [0.3, 0.4) is 0 Å². The van der Waals surface area contributed by atoms with Crippen molar-refractivity contribution in [1.82, 2.24) is 4.98 Å². The fraction of sp³-hybridized carbons (Fsp3) is 0.286. The maximum Gasteiger partial charge on any atom is 0.236 e. The Balaban J connectivity index is 1.49. The molecule has 0 bridgehead atoms. The van der Waals surface area contributed by atoms with Gasteiger partial charge < -0.3 is 15.4 Å². The topological polar surface area (TPSA) is 80.3 Å². The number of aromatic nitrogens is 1. The van der Waals surface area contributed by atoms with Crippen LogP contribution in [0.25, 0.3) is 10.2 Å². The van der Waals surface area contributed by atoms with Crippen molar-refractivity contribution in [2.24, 2.45) is 0 Å². The third-order valence-electron chi connectivity index (χ3n) is 4.11. The Morgan fingerprint density at radius 1 is 1.10 bits per heavy atom. The standard InChI is InChI=1S/C21H23N3O3S2/c1-3-4-5-19(25)22-14-6-9-16(10-7-14)28-13-20(26)24-21-23-17-11-8-15(27-2)12-18(17)29-21/h6-12H,3-5,13H2,1-2H3,(H,22,25)(H,23,24,26). The molecule has 2 aromatic carbocycles. The van der Waals surface area contributed by atoms with Crippen molar-refractivity contribution < 1.29 is 14.3 Å². The summed E-state index contributed by atoms with van der Waals surface area (Å²) in [6.45, 7) is 2.06. The minimum Gasteiger partial charge on any atom is -0.497 e. The fourth-order valence-electron chi connectivity index (χ4n) is 2.58. The van der Waals surface area contributed by atoms with E-state index in [1.54, 1.807) is 7.11 Å². The predicted molar refractivity (Wildman–Crippen MR) is 120 cm³/mol. The number of hydrogen-bond donors (Lipinski definition) is 2. The molecule has 29 heavy (non-hydrogen) atoms. The largest absolute Gasteiger partial charge is 0.497 e. The predicted octanol–water partition coefficient (Wildman–Crippen LogP) is 5.16. The van der Waals surface area contributed by atoms with Gasteiger partial charge in [-0.2, -0.15) is 0 Å². The molecule has 0 saturated heterocycles. The van der Waals surface area contributed by atoms with E-state index in [0.29, 0.717) is 11.6 Å². The molecule has 3 aromatic rings. The van der Waals surface area contributed by atoms with Gasteiger partial charge in [0.15, 0.2) is 5.13 Å². The van der Waals surface area contributed by atoms with Crippen LogP contribution >= 0.6 is 23.1 Å². The van der Waals surface area contributed by atoms with Crippen LogP contribution in [0.1, 0.15) is 26.2 Å². The average Bonchev–Trinajstić information content (AvgIpc) is 3.12. The number of benzene rings is 2. The number of thioether (sulfide) groups is 1. The van der Waals surface area contributed by atoms with Crippen molar-refractivity contribution >= 4 is 55.9 Å². The van der Waals surface area contributed by atoms with Crippen LogP contribution in [-0.4, -0.2) is 29.7 Å². The number of amides is 2. The lowest BCUT2D eigenvalue weighted by molar-refractivity contribution is -0.116. The van der Waals surface area contributed by atoms with Gasteiger partial charge in [0.25, 0.3) is 0 Å². The number of nitrogens with zero attached hydrogens (tertiary/aromatic N) is 1. The highest BCUT2D eigenvalue weighted by atomic mass is 32.2. The van der Waals surface area contributed by atoms with E-state index in [-0.39, 0.29) is 17.6 Å². The summed E-state index contributed by atoms with van der Waals surface area (Å²) in [5.41, 5.74) is 1.60. The molecule has 2 amide bonds. The summed E-state index contributed by atoms with van der Waals surface area (Å²) in [6.07, 6.45) is 2.42. The summed E-state index contributed by atoms with van der Waals surface area (Å²) in [7, 11) is 1.62. The summed E-state index contributed by atoms with van der Waals surface area (Å²) >= 11 is 2.85. The molecule has 2 N–H and O–H groups in total. The number of rotatable bonds is 9. The van der Waals surface area contributed by atoms with Gasteiger partial charge in [-0.05, 0) is 48.9 Å². The van der Waals surface area contributed by atoms with E-state index in [1.165, 1.54) is 23.1 Å². The number of unbranched alkanes of at least 4 members (excludes halogenated alkanes) is 1. The summed E-state index contributed by atoms with van der Waals surface area (Å²) in [6, 6.07) is 13.1. The Kier molecular flexibility index (Phi) is 7.48. The van der Waals surface area contributed by atoms with Gasteiger partial charge in [-0.1, -0.05) is 24.7 Å². The zero-order valence-electron chi connectivity index (χ0n) is 16.4. The van der Waals surface area contributed by atoms with Crippen LogP contribution in [0.15, 0.2) is 47.4 Å². The molecule has 0 spiro atoms. The van der Waals surface area contributed by atoms with Crippen LogP contribution in [0, 0.1) is 0 Å². The molecule has 1 heterocycles. The van der Waals surface area contributed by atoms with Gasteiger partial charge in [-0.25, -0.2) is 4.98 Å². The van der Waals surface area contributed by atoms with E-state index < -0.39 is 0 Å². The van der Waals surface area contributed by atoms with Crippen molar-refractivity contribution in [3.8, 4) is 5.75 Å². The maximum atomic E-state index is 12.3. The lowest BCUT2D eigenvalue weighted by atomic mass is 10.2. The molecule has 152 valence electrons. The normalized spacial score (nSPS) is 10.7. The zero-order valence-corrected chi connectivity index (χ0v) is 18.0. The van der Waals surface area contributed by atoms with Gasteiger partial charge in [0.05, 0.1) is 23.1 Å². The molecular weight excluding hydrogens is 406 g/mol. The van der Waals surface area contributed by atoms with Gasteiger partial charge in [0.1, 0.15) is 5.75 Å². The molecule has 8 heteroatoms. The number of carbonyl (C=O) groups excluding carboxylic acids is 2. The van der Waals surface area contributed by atoms with Crippen LogP contribution in [0.5, 0.6) is 5.75 Å². The lowest BCUT2D eigenvalue weighted by Crippen LogP contribution is -2.13. The van der Waals surface area contributed by atoms with Crippen molar-refractivity contribution in [2.45, 2.75) is 31.1 Å². The molecule has 0 aliphatic rings. The summed E-state index contributed by atoms with van der Waals surface area (Å²) < 4.78 is 6.17. The lowest BCUT2D eigenvalue weighted by Gasteiger charge is -2.06. The molecule has 0 saturated carbocycles. The molecular formula is C21H23N3O3S2. The smallest absolute Gasteiger partial charge is 0.236 e. The molecule has 6 nitrogen and oxygen atoms in total. The van der Waals surface area contributed by atoms with Gasteiger partial charge >= 0.3 is 0 Å². The number of fused-ring (bicyclic) bond motifs is 1. The van der Waals surface area contributed by atoms with Crippen LogP contribution < -0.4 is 15.4 Å². The Morgan fingerprint density at radius 3 is 2.62 bits per heavy atom. The first-order valence-electron chi connectivity index (χ1n) is 9.34. The Hall–Kier alpha value is -2.58. The SMILES string of the molecule is CCCCC(=O)Nc1ccc(SCC(=O)Nc2nc3ccc(OC)cc3s2)cc1. The van der Waals surface area contributed by atoms with E-state index in [2.05, 4.69) is 22.5 Å².